The van der Waals surface area contributed by atoms with E-state index in [0.717, 1.165) is 6.26 Å². The third-order valence-corrected chi connectivity index (χ3v) is 4.15. The number of rotatable bonds is 2. The average Bonchev–Trinajstić information content (AvgIpc) is 2.31. The largest absolute Gasteiger partial charge is 0.480 e. The van der Waals surface area contributed by atoms with E-state index in [-0.39, 0.29) is 12.8 Å². The maximum absolute atomic E-state index is 11.1. The van der Waals surface area contributed by atoms with Gasteiger partial charge in [0.25, 0.3) is 0 Å². The molecule has 0 unspecified atom stereocenters. The summed E-state index contributed by atoms with van der Waals surface area (Å²) in [5.74, 6) is -1.11. The van der Waals surface area contributed by atoms with Crippen molar-refractivity contribution in [1.29, 1.82) is 0 Å². The first-order valence-electron chi connectivity index (χ1n) is 3.97. The van der Waals surface area contributed by atoms with E-state index >= 15 is 0 Å². The minimum atomic E-state index is -3.15. The predicted octanol–water partition coefficient (Wildman–Crippen LogP) is -0.634. The van der Waals surface area contributed by atoms with E-state index in [1.165, 1.54) is 0 Å². The van der Waals surface area contributed by atoms with Gasteiger partial charge in [0.15, 0.2) is 0 Å². The van der Waals surface area contributed by atoms with Gasteiger partial charge in [-0.25, -0.2) is 8.42 Å². The molecule has 1 rings (SSSR count). The number of carbonyl (C=O) groups is 1. The lowest BCUT2D eigenvalue weighted by atomic mass is 10.0. The smallest absolute Gasteiger partial charge is 0.323 e. The summed E-state index contributed by atoms with van der Waals surface area (Å²) in [6.07, 6.45) is 1.73. The van der Waals surface area contributed by atoms with Crippen molar-refractivity contribution in [3.8, 4) is 0 Å². The van der Waals surface area contributed by atoms with Gasteiger partial charge in [0, 0.05) is 6.26 Å². The van der Waals surface area contributed by atoms with Gasteiger partial charge in [-0.2, -0.15) is 0 Å². The molecule has 1 saturated carbocycles. The normalized spacial score (nSPS) is 34.8. The zero-order valence-corrected chi connectivity index (χ0v) is 8.17. The Morgan fingerprint density at radius 2 is 2.15 bits per heavy atom. The number of hydrogen-bond acceptors (Lipinski definition) is 4. The summed E-state index contributed by atoms with van der Waals surface area (Å²) in [5.41, 5.74) is 4.19. The SMILES string of the molecule is CS(=O)(=O)[C@@H]1CC[C@@](N)(C(=O)O)C1. The molecule has 76 valence electrons. The predicted molar refractivity (Wildman–Crippen MR) is 47.0 cm³/mol. The van der Waals surface area contributed by atoms with E-state index < -0.39 is 26.6 Å². The standard InChI is InChI=1S/C7H13NO4S/c1-13(11,12)5-2-3-7(8,4-5)6(9)10/h5H,2-4,8H2,1H3,(H,9,10)/t5-,7+/m1/s1. The molecule has 0 radical (unpaired) electrons. The van der Waals surface area contributed by atoms with Crippen LogP contribution in [0.3, 0.4) is 0 Å². The third-order valence-electron chi connectivity index (χ3n) is 2.54. The Balaban J connectivity index is 2.81. The van der Waals surface area contributed by atoms with Gasteiger partial charge in [-0.15, -0.1) is 0 Å². The van der Waals surface area contributed by atoms with Crippen LogP contribution < -0.4 is 5.73 Å². The van der Waals surface area contributed by atoms with Crippen molar-refractivity contribution in [3.63, 3.8) is 0 Å². The molecule has 3 N–H and O–H groups in total. The summed E-state index contributed by atoms with van der Waals surface area (Å²) in [6, 6.07) is 0. The van der Waals surface area contributed by atoms with Crippen molar-refractivity contribution in [2.75, 3.05) is 6.26 Å². The Bertz CT molecular complexity index is 323. The van der Waals surface area contributed by atoms with Gasteiger partial charge in [0.05, 0.1) is 5.25 Å². The second-order valence-electron chi connectivity index (χ2n) is 3.66. The van der Waals surface area contributed by atoms with E-state index in [1.807, 2.05) is 0 Å². The molecule has 13 heavy (non-hydrogen) atoms. The minimum Gasteiger partial charge on any atom is -0.480 e. The summed E-state index contributed by atoms with van der Waals surface area (Å²) in [6.45, 7) is 0. The second-order valence-corrected chi connectivity index (χ2v) is 5.98. The Labute approximate surface area is 76.8 Å². The Morgan fingerprint density at radius 3 is 2.38 bits per heavy atom. The molecule has 0 aromatic rings. The maximum atomic E-state index is 11.1. The zero-order valence-electron chi connectivity index (χ0n) is 7.36. The molecule has 0 aromatic heterocycles. The fourth-order valence-electron chi connectivity index (χ4n) is 1.59. The lowest BCUT2D eigenvalue weighted by Gasteiger charge is -2.17. The lowest BCUT2D eigenvalue weighted by molar-refractivity contribution is -0.143. The van der Waals surface area contributed by atoms with Gasteiger partial charge >= 0.3 is 5.97 Å². The van der Waals surface area contributed by atoms with Gasteiger partial charge < -0.3 is 10.8 Å². The molecule has 1 aliphatic carbocycles. The average molecular weight is 207 g/mol. The van der Waals surface area contributed by atoms with Crippen LogP contribution in [0.1, 0.15) is 19.3 Å². The molecule has 0 aromatic carbocycles. The third kappa shape index (κ3) is 2.00. The van der Waals surface area contributed by atoms with E-state index in [2.05, 4.69) is 0 Å². The van der Waals surface area contributed by atoms with Crippen LogP contribution in [-0.4, -0.2) is 36.5 Å². The van der Waals surface area contributed by atoms with Gasteiger partial charge in [-0.05, 0) is 19.3 Å². The summed E-state index contributed by atoms with van der Waals surface area (Å²) in [7, 11) is -3.15. The molecule has 6 heteroatoms. The highest BCUT2D eigenvalue weighted by molar-refractivity contribution is 7.91. The van der Waals surface area contributed by atoms with Crippen LogP contribution in [0.25, 0.3) is 0 Å². The molecule has 0 saturated heterocycles. The molecule has 0 bridgehead atoms. The minimum absolute atomic E-state index is 0.0289. The van der Waals surface area contributed by atoms with E-state index in [4.69, 9.17) is 10.8 Å². The Hall–Kier alpha value is -0.620. The van der Waals surface area contributed by atoms with Crippen LogP contribution in [0.15, 0.2) is 0 Å². The van der Waals surface area contributed by atoms with Crippen LogP contribution in [0.2, 0.25) is 0 Å². The molecule has 0 spiro atoms. The van der Waals surface area contributed by atoms with Crippen LogP contribution in [0.5, 0.6) is 0 Å². The van der Waals surface area contributed by atoms with Crippen molar-refractivity contribution in [1.82, 2.24) is 0 Å². The highest BCUT2D eigenvalue weighted by atomic mass is 32.2. The molecular formula is C7H13NO4S. The molecule has 0 heterocycles. The summed E-state index contributed by atoms with van der Waals surface area (Å²) < 4.78 is 22.2. The highest BCUT2D eigenvalue weighted by Gasteiger charge is 2.45. The summed E-state index contributed by atoms with van der Waals surface area (Å²) >= 11 is 0. The van der Waals surface area contributed by atoms with Crippen molar-refractivity contribution in [3.05, 3.63) is 0 Å². The second kappa shape index (κ2) is 2.95. The van der Waals surface area contributed by atoms with Gasteiger partial charge in [-0.1, -0.05) is 0 Å². The quantitative estimate of drug-likeness (QED) is 0.628. The van der Waals surface area contributed by atoms with Crippen LogP contribution in [0.4, 0.5) is 0 Å². The molecule has 1 fully saturated rings. The first-order chi connectivity index (χ1) is 5.76. The number of aliphatic carboxylic acids is 1. The van der Waals surface area contributed by atoms with E-state index in [0.29, 0.717) is 6.42 Å². The maximum Gasteiger partial charge on any atom is 0.323 e. The van der Waals surface area contributed by atoms with Crippen molar-refractivity contribution in [2.45, 2.75) is 30.1 Å². The fraction of sp³-hybridized carbons (Fsp3) is 0.857. The molecular weight excluding hydrogens is 194 g/mol. The van der Waals surface area contributed by atoms with Crippen LogP contribution in [0, 0.1) is 0 Å². The number of carboxylic acids is 1. The number of hydrogen-bond donors (Lipinski definition) is 2. The van der Waals surface area contributed by atoms with Crippen molar-refractivity contribution >= 4 is 15.8 Å². The first-order valence-corrected chi connectivity index (χ1v) is 5.92. The first kappa shape index (κ1) is 10.5. The summed E-state index contributed by atoms with van der Waals surface area (Å²) in [5, 5.41) is 8.15. The molecule has 0 amide bonds. The Kier molecular flexibility index (Phi) is 2.38. The van der Waals surface area contributed by atoms with Gasteiger partial charge in [0.1, 0.15) is 15.4 Å². The number of sulfone groups is 1. The molecule has 1 aliphatic rings. The van der Waals surface area contributed by atoms with Gasteiger partial charge in [-0.3, -0.25) is 4.79 Å². The van der Waals surface area contributed by atoms with Crippen LogP contribution >= 0.6 is 0 Å². The van der Waals surface area contributed by atoms with E-state index in [9.17, 15) is 13.2 Å². The molecule has 2 atom stereocenters. The van der Waals surface area contributed by atoms with Gasteiger partial charge in [0.2, 0.25) is 0 Å². The van der Waals surface area contributed by atoms with Crippen LogP contribution in [-0.2, 0) is 14.6 Å². The lowest BCUT2D eigenvalue weighted by Crippen LogP contribution is -2.46. The number of carboxylic acid groups (broad SMARTS) is 1. The van der Waals surface area contributed by atoms with Crippen molar-refractivity contribution < 1.29 is 18.3 Å². The van der Waals surface area contributed by atoms with Crippen molar-refractivity contribution in [2.24, 2.45) is 5.73 Å². The monoisotopic (exact) mass is 207 g/mol. The van der Waals surface area contributed by atoms with E-state index in [1.54, 1.807) is 0 Å². The zero-order chi connectivity index (χ0) is 10.3. The summed E-state index contributed by atoms with van der Waals surface area (Å²) in [4.78, 5) is 10.7. The Morgan fingerprint density at radius 1 is 1.62 bits per heavy atom. The highest BCUT2D eigenvalue weighted by Crippen LogP contribution is 2.31. The topological polar surface area (TPSA) is 97.5 Å². The molecule has 0 aliphatic heterocycles. The molecule has 5 nitrogen and oxygen atoms in total. The number of nitrogens with two attached hydrogens (primary N) is 1. The fourth-order valence-corrected chi connectivity index (χ4v) is 2.73.